The minimum absolute atomic E-state index is 0.237. The Hall–Kier alpha value is -1.66. The number of hydrogen-bond donors (Lipinski definition) is 0. The summed E-state index contributed by atoms with van der Waals surface area (Å²) in [7, 11) is -3.57. The van der Waals surface area contributed by atoms with Crippen molar-refractivity contribution < 1.29 is 12.9 Å². The van der Waals surface area contributed by atoms with Crippen LogP contribution in [0.3, 0.4) is 0 Å². The first-order valence-corrected chi connectivity index (χ1v) is 10.3. The Morgan fingerprint density at radius 1 is 1.20 bits per heavy atom. The van der Waals surface area contributed by atoms with Gasteiger partial charge in [0.05, 0.1) is 10.9 Å². The summed E-state index contributed by atoms with van der Waals surface area (Å²) in [5.41, 5.74) is 3.41. The predicted molar refractivity (Wildman–Crippen MR) is 97.0 cm³/mol. The van der Waals surface area contributed by atoms with Crippen molar-refractivity contribution in [3.63, 3.8) is 0 Å². The number of sulfonamides is 1. The van der Waals surface area contributed by atoms with Crippen LogP contribution >= 0.6 is 0 Å². The lowest BCUT2D eigenvalue weighted by Crippen LogP contribution is -2.32. The van der Waals surface area contributed by atoms with Gasteiger partial charge >= 0.3 is 0 Å². The maximum atomic E-state index is 13.4. The fraction of sp³-hybridized carbons (Fsp3) is 0.526. The topological polar surface area (TPSA) is 63.4 Å². The van der Waals surface area contributed by atoms with Crippen LogP contribution in [0.15, 0.2) is 27.6 Å². The number of rotatable bonds is 5. The van der Waals surface area contributed by atoms with Gasteiger partial charge in [-0.15, -0.1) is 0 Å². The number of aromatic nitrogens is 1. The molecule has 0 aliphatic carbocycles. The van der Waals surface area contributed by atoms with E-state index in [1.54, 1.807) is 4.31 Å². The molecule has 1 atom stereocenters. The van der Waals surface area contributed by atoms with Gasteiger partial charge in [0.15, 0.2) is 0 Å². The molecule has 5 nitrogen and oxygen atoms in total. The second-order valence-corrected chi connectivity index (χ2v) is 8.80. The molecule has 0 radical (unpaired) electrons. The summed E-state index contributed by atoms with van der Waals surface area (Å²) in [5.74, 6) is 0.824. The van der Waals surface area contributed by atoms with Gasteiger partial charge in [0.1, 0.15) is 11.5 Å². The third-order valence-corrected chi connectivity index (χ3v) is 7.00. The summed E-state index contributed by atoms with van der Waals surface area (Å²) in [6.07, 6.45) is 3.41. The van der Waals surface area contributed by atoms with Gasteiger partial charge < -0.3 is 4.52 Å². The van der Waals surface area contributed by atoms with Crippen molar-refractivity contribution >= 4 is 10.0 Å². The molecule has 1 aliphatic rings. The molecule has 1 unspecified atom stereocenters. The highest BCUT2D eigenvalue weighted by Gasteiger charge is 2.39. The van der Waals surface area contributed by atoms with Crippen LogP contribution in [0.1, 0.15) is 60.4 Å². The van der Waals surface area contributed by atoms with Crippen LogP contribution in [0.25, 0.3) is 0 Å². The third kappa shape index (κ3) is 3.37. The van der Waals surface area contributed by atoms with Gasteiger partial charge in [-0.3, -0.25) is 0 Å². The van der Waals surface area contributed by atoms with Crippen LogP contribution in [0.5, 0.6) is 0 Å². The van der Waals surface area contributed by atoms with Crippen molar-refractivity contribution in [1.29, 1.82) is 0 Å². The van der Waals surface area contributed by atoms with Crippen LogP contribution in [0.4, 0.5) is 0 Å². The lowest BCUT2D eigenvalue weighted by Gasteiger charge is -2.24. The summed E-state index contributed by atoms with van der Waals surface area (Å²) in [5, 5.41) is 4.15. The molecule has 2 aromatic rings. The van der Waals surface area contributed by atoms with Crippen LogP contribution in [0, 0.1) is 20.8 Å². The second kappa shape index (κ2) is 6.92. The van der Waals surface area contributed by atoms with Crippen molar-refractivity contribution in [3.8, 4) is 0 Å². The standard InChI is InChI=1S/C19H26N2O3S/c1-5-7-16-12-17(20-24-16)18-8-6-9-21(18)25(22,23)19-14(3)10-13(2)11-15(19)4/h10-12,18H,5-9H2,1-4H3. The number of hydrogen-bond acceptors (Lipinski definition) is 4. The summed E-state index contributed by atoms with van der Waals surface area (Å²) in [4.78, 5) is 0.433. The van der Waals surface area contributed by atoms with Crippen molar-refractivity contribution in [2.24, 2.45) is 0 Å². The predicted octanol–water partition coefficient (Wildman–Crippen LogP) is 4.08. The zero-order valence-corrected chi connectivity index (χ0v) is 16.2. The maximum absolute atomic E-state index is 13.4. The molecule has 0 amide bonds. The first kappa shape index (κ1) is 18.1. The van der Waals surface area contributed by atoms with Crippen molar-refractivity contribution in [2.45, 2.75) is 64.3 Å². The van der Waals surface area contributed by atoms with Crippen molar-refractivity contribution in [1.82, 2.24) is 9.46 Å². The Bertz CT molecular complexity index is 848. The van der Waals surface area contributed by atoms with Gasteiger partial charge in [0.2, 0.25) is 10.0 Å². The lowest BCUT2D eigenvalue weighted by molar-refractivity contribution is 0.343. The van der Waals surface area contributed by atoms with Gasteiger partial charge in [0.25, 0.3) is 0 Å². The second-order valence-electron chi connectivity index (χ2n) is 6.97. The maximum Gasteiger partial charge on any atom is 0.244 e. The van der Waals surface area contributed by atoms with Gasteiger partial charge in [-0.2, -0.15) is 4.31 Å². The highest BCUT2D eigenvalue weighted by molar-refractivity contribution is 7.89. The molecule has 1 aliphatic heterocycles. The van der Waals surface area contributed by atoms with Gasteiger partial charge in [-0.05, 0) is 51.2 Å². The minimum Gasteiger partial charge on any atom is -0.361 e. The van der Waals surface area contributed by atoms with E-state index in [0.29, 0.717) is 11.4 Å². The molecule has 0 N–H and O–H groups in total. The molecule has 2 heterocycles. The summed E-state index contributed by atoms with van der Waals surface area (Å²) < 4.78 is 33.7. The molecule has 136 valence electrons. The highest BCUT2D eigenvalue weighted by Crippen LogP contribution is 2.38. The highest BCUT2D eigenvalue weighted by atomic mass is 32.2. The van der Waals surface area contributed by atoms with E-state index in [2.05, 4.69) is 12.1 Å². The average Bonchev–Trinajstić information content (AvgIpc) is 3.14. The summed E-state index contributed by atoms with van der Waals surface area (Å²) >= 11 is 0. The average molecular weight is 362 g/mol. The van der Waals surface area contributed by atoms with Crippen LogP contribution in [-0.2, 0) is 16.4 Å². The van der Waals surface area contributed by atoms with Crippen LogP contribution in [0.2, 0.25) is 0 Å². The molecule has 25 heavy (non-hydrogen) atoms. The minimum atomic E-state index is -3.57. The Morgan fingerprint density at radius 2 is 1.88 bits per heavy atom. The fourth-order valence-corrected chi connectivity index (χ4v) is 5.95. The van der Waals surface area contributed by atoms with E-state index in [0.717, 1.165) is 53.8 Å². The Morgan fingerprint density at radius 3 is 2.52 bits per heavy atom. The molecular weight excluding hydrogens is 336 g/mol. The monoisotopic (exact) mass is 362 g/mol. The van der Waals surface area contributed by atoms with E-state index in [1.807, 2.05) is 39.0 Å². The fourth-order valence-electron chi connectivity index (χ4n) is 3.86. The molecule has 0 saturated carbocycles. The van der Waals surface area contributed by atoms with E-state index in [1.165, 1.54) is 0 Å². The molecule has 1 fully saturated rings. The Balaban J connectivity index is 1.98. The molecular formula is C19H26N2O3S. The summed E-state index contributed by atoms with van der Waals surface area (Å²) in [6, 6.07) is 5.54. The van der Waals surface area contributed by atoms with E-state index in [4.69, 9.17) is 4.52 Å². The van der Waals surface area contributed by atoms with E-state index in [-0.39, 0.29) is 6.04 Å². The summed E-state index contributed by atoms with van der Waals surface area (Å²) in [6.45, 7) is 8.33. The Kier molecular flexibility index (Phi) is 5.02. The molecule has 1 saturated heterocycles. The lowest BCUT2D eigenvalue weighted by atomic mass is 10.1. The normalized spacial score (nSPS) is 18.8. The quantitative estimate of drug-likeness (QED) is 0.804. The molecule has 0 spiro atoms. The number of aryl methyl sites for hydroxylation is 4. The number of nitrogens with zero attached hydrogens (tertiary/aromatic N) is 2. The van der Waals surface area contributed by atoms with Crippen molar-refractivity contribution in [2.75, 3.05) is 6.54 Å². The van der Waals surface area contributed by atoms with E-state index >= 15 is 0 Å². The smallest absolute Gasteiger partial charge is 0.244 e. The molecule has 6 heteroatoms. The third-order valence-electron chi connectivity index (χ3n) is 4.79. The molecule has 3 rings (SSSR count). The molecule has 0 bridgehead atoms. The first-order valence-electron chi connectivity index (χ1n) is 8.89. The van der Waals surface area contributed by atoms with E-state index < -0.39 is 10.0 Å². The van der Waals surface area contributed by atoms with Gasteiger partial charge in [0, 0.05) is 19.0 Å². The van der Waals surface area contributed by atoms with Crippen LogP contribution < -0.4 is 0 Å². The Labute approximate surface area is 150 Å². The largest absolute Gasteiger partial charge is 0.361 e. The zero-order chi connectivity index (χ0) is 18.2. The van der Waals surface area contributed by atoms with Crippen LogP contribution in [-0.4, -0.2) is 24.4 Å². The van der Waals surface area contributed by atoms with Gasteiger partial charge in [-0.25, -0.2) is 8.42 Å². The number of benzene rings is 1. The molecule has 1 aromatic carbocycles. The van der Waals surface area contributed by atoms with E-state index in [9.17, 15) is 8.42 Å². The molecule has 1 aromatic heterocycles. The zero-order valence-electron chi connectivity index (χ0n) is 15.4. The first-order chi connectivity index (χ1) is 11.8. The van der Waals surface area contributed by atoms with Crippen molar-refractivity contribution in [3.05, 3.63) is 46.3 Å². The van der Waals surface area contributed by atoms with Gasteiger partial charge in [-0.1, -0.05) is 29.8 Å². The SMILES string of the molecule is CCCc1cc(C2CCCN2S(=O)(=O)c2c(C)cc(C)cc2C)no1.